The summed E-state index contributed by atoms with van der Waals surface area (Å²) in [5, 5.41) is 12.5. The van der Waals surface area contributed by atoms with Crippen molar-refractivity contribution < 1.29 is 14.3 Å². The highest BCUT2D eigenvalue weighted by Crippen LogP contribution is 2.25. The van der Waals surface area contributed by atoms with E-state index < -0.39 is 17.7 Å². The first-order valence-electron chi connectivity index (χ1n) is 9.85. The van der Waals surface area contributed by atoms with Gasteiger partial charge in [-0.1, -0.05) is 12.1 Å². The van der Waals surface area contributed by atoms with Gasteiger partial charge in [0.15, 0.2) is 0 Å². The number of carbonyl (C=O) groups excluding carboxylic acids is 2. The number of nitrogens with one attached hydrogen (secondary N) is 1. The number of nitrogens with zero attached hydrogens (tertiary/aromatic N) is 3. The lowest BCUT2D eigenvalue weighted by Gasteiger charge is -2.29. The van der Waals surface area contributed by atoms with Gasteiger partial charge >= 0.3 is 6.09 Å². The second kappa shape index (κ2) is 9.06. The van der Waals surface area contributed by atoms with Gasteiger partial charge in [0, 0.05) is 31.4 Å². The third-order valence-electron chi connectivity index (χ3n) is 4.93. The number of amides is 2. The summed E-state index contributed by atoms with van der Waals surface area (Å²) in [7, 11) is 0. The van der Waals surface area contributed by atoms with Crippen molar-refractivity contribution in [3.8, 4) is 6.07 Å². The van der Waals surface area contributed by atoms with Crippen LogP contribution in [-0.2, 0) is 16.1 Å². The molecule has 2 aliphatic heterocycles. The van der Waals surface area contributed by atoms with Gasteiger partial charge in [0.2, 0.25) is 5.91 Å². The molecule has 7 nitrogen and oxygen atoms in total. The summed E-state index contributed by atoms with van der Waals surface area (Å²) in [5.41, 5.74) is 1.00. The van der Waals surface area contributed by atoms with Crippen LogP contribution in [0, 0.1) is 11.3 Å². The fraction of sp³-hybridized carbons (Fsp3) is 0.571. The Hall–Kier alpha value is -2.24. The van der Waals surface area contributed by atoms with Gasteiger partial charge in [-0.25, -0.2) is 4.79 Å². The highest BCUT2D eigenvalue weighted by Gasteiger charge is 2.43. The van der Waals surface area contributed by atoms with E-state index >= 15 is 0 Å². The zero-order valence-electron chi connectivity index (χ0n) is 17.2. The van der Waals surface area contributed by atoms with Crippen molar-refractivity contribution in [2.24, 2.45) is 0 Å². The van der Waals surface area contributed by atoms with Crippen molar-refractivity contribution in [1.29, 1.82) is 5.26 Å². The first-order chi connectivity index (χ1) is 13.8. The highest BCUT2D eigenvalue weighted by molar-refractivity contribution is 7.99. The number of hydrogen-bond acceptors (Lipinski definition) is 6. The van der Waals surface area contributed by atoms with Crippen LogP contribution in [0.2, 0.25) is 0 Å². The third-order valence-corrected chi connectivity index (χ3v) is 5.89. The minimum Gasteiger partial charge on any atom is -0.444 e. The molecule has 29 heavy (non-hydrogen) atoms. The molecule has 0 aliphatic carbocycles. The van der Waals surface area contributed by atoms with Crippen LogP contribution in [-0.4, -0.2) is 64.2 Å². The van der Waals surface area contributed by atoms with Gasteiger partial charge in [-0.15, -0.1) is 11.8 Å². The number of thioether (sulfide) groups is 1. The second-order valence-corrected chi connectivity index (χ2v) is 9.49. The summed E-state index contributed by atoms with van der Waals surface area (Å²) >= 11 is 1.73. The maximum absolute atomic E-state index is 13.0. The van der Waals surface area contributed by atoms with Crippen LogP contribution in [0.15, 0.2) is 24.3 Å². The molecule has 0 saturated carbocycles. The van der Waals surface area contributed by atoms with Crippen LogP contribution in [0.1, 0.15) is 38.3 Å². The molecule has 0 spiro atoms. The molecule has 0 bridgehead atoms. The molecule has 0 aromatic heterocycles. The van der Waals surface area contributed by atoms with E-state index in [0.717, 1.165) is 17.9 Å². The molecule has 0 unspecified atom stereocenters. The van der Waals surface area contributed by atoms with E-state index in [1.807, 2.05) is 43.9 Å². The number of ether oxygens (including phenoxy) is 1. The van der Waals surface area contributed by atoms with E-state index in [1.54, 1.807) is 22.7 Å². The molecule has 3 rings (SSSR count). The lowest BCUT2D eigenvalue weighted by atomic mass is 10.1. The van der Waals surface area contributed by atoms with E-state index in [2.05, 4.69) is 11.4 Å². The van der Waals surface area contributed by atoms with E-state index in [9.17, 15) is 9.59 Å². The van der Waals surface area contributed by atoms with Crippen molar-refractivity contribution >= 4 is 23.8 Å². The van der Waals surface area contributed by atoms with Gasteiger partial charge in [0.25, 0.3) is 0 Å². The summed E-state index contributed by atoms with van der Waals surface area (Å²) in [5.74, 6) is 1.61. The molecular formula is C21H28N4O3S. The Morgan fingerprint density at radius 1 is 1.38 bits per heavy atom. The summed E-state index contributed by atoms with van der Waals surface area (Å²) in [6, 6.07) is 9.05. The Labute approximate surface area is 176 Å². The average molecular weight is 417 g/mol. The number of hydrogen-bond donors (Lipinski definition) is 1. The van der Waals surface area contributed by atoms with Crippen molar-refractivity contribution in [2.75, 3.05) is 24.7 Å². The van der Waals surface area contributed by atoms with Crippen LogP contribution in [0.5, 0.6) is 0 Å². The Kier molecular flexibility index (Phi) is 6.70. The van der Waals surface area contributed by atoms with Crippen molar-refractivity contribution in [3.63, 3.8) is 0 Å². The van der Waals surface area contributed by atoms with Gasteiger partial charge in [-0.2, -0.15) is 5.26 Å². The third kappa shape index (κ3) is 5.64. The topological polar surface area (TPSA) is 85.7 Å². The highest BCUT2D eigenvalue weighted by atomic mass is 32.2. The zero-order valence-corrected chi connectivity index (χ0v) is 18.0. The van der Waals surface area contributed by atoms with Crippen LogP contribution >= 0.6 is 11.8 Å². The quantitative estimate of drug-likeness (QED) is 0.812. The molecule has 2 heterocycles. The predicted molar refractivity (Wildman–Crippen MR) is 112 cm³/mol. The van der Waals surface area contributed by atoms with Crippen molar-refractivity contribution in [1.82, 2.24) is 15.1 Å². The number of rotatable bonds is 4. The van der Waals surface area contributed by atoms with Crippen molar-refractivity contribution in [2.45, 2.75) is 51.4 Å². The van der Waals surface area contributed by atoms with Gasteiger partial charge in [-0.05, 0) is 44.9 Å². The smallest absolute Gasteiger partial charge is 0.411 e. The van der Waals surface area contributed by atoms with E-state index in [4.69, 9.17) is 10.00 Å². The van der Waals surface area contributed by atoms with E-state index in [1.165, 1.54) is 0 Å². The second-order valence-electron chi connectivity index (χ2n) is 8.41. The zero-order chi connectivity index (χ0) is 21.0. The molecule has 2 saturated heterocycles. The average Bonchev–Trinajstić information content (AvgIpc) is 3.35. The summed E-state index contributed by atoms with van der Waals surface area (Å²) < 4.78 is 5.55. The number of likely N-dealkylation sites (tertiary alicyclic amines) is 1. The Morgan fingerprint density at radius 2 is 2.17 bits per heavy atom. The molecular weight excluding hydrogens is 388 g/mol. The molecule has 1 aromatic carbocycles. The first kappa shape index (κ1) is 21.5. The maximum Gasteiger partial charge on any atom is 0.411 e. The fourth-order valence-electron chi connectivity index (χ4n) is 3.55. The summed E-state index contributed by atoms with van der Waals surface area (Å²) in [6.07, 6.45) is 0.107. The number of benzene rings is 1. The van der Waals surface area contributed by atoms with Gasteiger partial charge < -0.3 is 15.0 Å². The van der Waals surface area contributed by atoms with Crippen LogP contribution in [0.3, 0.4) is 0 Å². The molecule has 0 radical (unpaired) electrons. The minimum absolute atomic E-state index is 0.00311. The monoisotopic (exact) mass is 416 g/mol. The van der Waals surface area contributed by atoms with E-state index in [0.29, 0.717) is 31.0 Å². The summed E-state index contributed by atoms with van der Waals surface area (Å²) in [4.78, 5) is 29.2. The predicted octanol–water partition coefficient (Wildman–Crippen LogP) is 2.56. The largest absolute Gasteiger partial charge is 0.444 e. The standard InChI is InChI=1S/C21H28N4O3S/c1-21(2,3)28-20(27)25-13-17(10-18(25)19(26)24-7-8-29-14-24)23-12-16-6-4-5-15(9-16)11-22/h4-6,9,17-18,23H,7-8,10,12-14H2,1-3H3/t17-,18-/m0/s1. The SMILES string of the molecule is CC(C)(C)OC(=O)N1C[C@@H](NCc2cccc(C#N)c2)C[C@H]1C(=O)N1CCSC1. The molecule has 2 aliphatic rings. The lowest BCUT2D eigenvalue weighted by molar-refractivity contribution is -0.134. The van der Waals surface area contributed by atoms with E-state index in [-0.39, 0.29) is 11.9 Å². The minimum atomic E-state index is -0.614. The molecule has 2 atom stereocenters. The fourth-order valence-corrected chi connectivity index (χ4v) is 4.51. The Bertz CT molecular complexity index is 796. The van der Waals surface area contributed by atoms with Crippen LogP contribution < -0.4 is 5.32 Å². The molecule has 8 heteroatoms. The van der Waals surface area contributed by atoms with Crippen molar-refractivity contribution in [3.05, 3.63) is 35.4 Å². The van der Waals surface area contributed by atoms with Gasteiger partial charge in [-0.3, -0.25) is 9.69 Å². The maximum atomic E-state index is 13.0. The Balaban J connectivity index is 1.68. The normalized spacial score (nSPS) is 21.9. The first-order valence-corrected chi connectivity index (χ1v) is 11.0. The van der Waals surface area contributed by atoms with Gasteiger partial charge in [0.05, 0.1) is 17.5 Å². The van der Waals surface area contributed by atoms with Crippen LogP contribution in [0.25, 0.3) is 0 Å². The lowest BCUT2D eigenvalue weighted by Crippen LogP contribution is -2.48. The summed E-state index contributed by atoms with van der Waals surface area (Å²) in [6.45, 7) is 7.20. The Morgan fingerprint density at radius 3 is 2.83 bits per heavy atom. The number of carbonyl (C=O) groups is 2. The molecule has 1 aromatic rings. The molecule has 2 amide bonds. The number of nitriles is 1. The van der Waals surface area contributed by atoms with Gasteiger partial charge in [0.1, 0.15) is 11.6 Å². The molecule has 2 fully saturated rings. The molecule has 156 valence electrons. The molecule has 1 N–H and O–H groups in total. The van der Waals surface area contributed by atoms with Crippen LogP contribution in [0.4, 0.5) is 4.79 Å².